The van der Waals surface area contributed by atoms with E-state index in [0.717, 1.165) is 81.0 Å². The number of benzene rings is 2. The Balaban J connectivity index is 0.916. The van der Waals surface area contributed by atoms with Crippen LogP contribution in [0.5, 0.6) is 5.75 Å². The number of imidazole rings is 1. The molecule has 3 atom stereocenters. The van der Waals surface area contributed by atoms with E-state index in [4.69, 9.17) is 14.5 Å². The number of ether oxygens (including phenoxy) is 2. The van der Waals surface area contributed by atoms with Crippen LogP contribution in [0.2, 0.25) is 0 Å². The number of hydrogen-bond acceptors (Lipinski definition) is 6. The first-order valence-corrected chi connectivity index (χ1v) is 16.1. The van der Waals surface area contributed by atoms with Crippen LogP contribution in [-0.4, -0.2) is 57.5 Å². The molecular formula is C35H40N4O5. The summed E-state index contributed by atoms with van der Waals surface area (Å²) in [5.41, 5.74) is 5.23. The summed E-state index contributed by atoms with van der Waals surface area (Å²) in [4.78, 5) is 43.2. The van der Waals surface area contributed by atoms with E-state index >= 15 is 0 Å². The minimum atomic E-state index is -0.606. The number of aryl methyl sites for hydroxylation is 1. The Kier molecular flexibility index (Phi) is 7.97. The number of carbonyl (C=O) groups is 3. The van der Waals surface area contributed by atoms with Crippen molar-refractivity contribution in [2.75, 3.05) is 13.2 Å². The van der Waals surface area contributed by atoms with Crippen molar-refractivity contribution in [2.24, 2.45) is 13.0 Å². The van der Waals surface area contributed by atoms with Crippen LogP contribution in [-0.2, 0) is 34.3 Å². The van der Waals surface area contributed by atoms with Gasteiger partial charge in [-0.15, -0.1) is 0 Å². The standard InChI is InChI=1S/C35H40N4O5/c1-38-31(25-6-4-23(5-7-25)24-14-16-43-17-15-24)20-36-32(38)12-3-22-2-8-27(18-22)44-28-9-10-29-26(19-28)21-39(35(29)42)30-11-13-33(40)37-34(30)41/h4-7,9-10,19-20,22,24,27,30H,2-3,8,11-18,21H2,1H3,(H,37,40,41). The summed E-state index contributed by atoms with van der Waals surface area (Å²) in [7, 11) is 2.12. The van der Waals surface area contributed by atoms with Gasteiger partial charge in [-0.05, 0) is 91.7 Å². The molecule has 230 valence electrons. The highest BCUT2D eigenvalue weighted by atomic mass is 16.5. The lowest BCUT2D eigenvalue weighted by Gasteiger charge is -2.29. The summed E-state index contributed by atoms with van der Waals surface area (Å²) >= 11 is 0. The third-order valence-corrected chi connectivity index (χ3v) is 10.1. The van der Waals surface area contributed by atoms with Crippen molar-refractivity contribution in [3.8, 4) is 17.0 Å². The lowest BCUT2D eigenvalue weighted by Crippen LogP contribution is -2.52. The third kappa shape index (κ3) is 5.77. The van der Waals surface area contributed by atoms with E-state index in [1.54, 1.807) is 4.90 Å². The highest BCUT2D eigenvalue weighted by Gasteiger charge is 2.39. The predicted molar refractivity (Wildman–Crippen MR) is 164 cm³/mol. The maximum absolute atomic E-state index is 13.0. The third-order valence-electron chi connectivity index (χ3n) is 10.1. The summed E-state index contributed by atoms with van der Waals surface area (Å²) in [6.07, 6.45) is 10.1. The van der Waals surface area contributed by atoms with Crippen molar-refractivity contribution >= 4 is 17.7 Å². The number of aromatic nitrogens is 2. The molecule has 0 spiro atoms. The molecule has 2 aromatic carbocycles. The molecule has 0 bridgehead atoms. The van der Waals surface area contributed by atoms with Gasteiger partial charge in [-0.3, -0.25) is 19.7 Å². The van der Waals surface area contributed by atoms with Crippen molar-refractivity contribution in [3.05, 3.63) is 71.2 Å². The molecule has 3 unspecified atom stereocenters. The zero-order valence-corrected chi connectivity index (χ0v) is 25.3. The highest BCUT2D eigenvalue weighted by molar-refractivity contribution is 6.05. The zero-order valence-electron chi connectivity index (χ0n) is 25.3. The fourth-order valence-electron chi connectivity index (χ4n) is 7.45. The Morgan fingerprint density at radius 1 is 1.00 bits per heavy atom. The monoisotopic (exact) mass is 596 g/mol. The second-order valence-corrected chi connectivity index (χ2v) is 12.8. The maximum Gasteiger partial charge on any atom is 0.255 e. The normalized spacial score (nSPS) is 24.1. The number of nitrogens with one attached hydrogen (secondary N) is 1. The van der Waals surface area contributed by atoms with Gasteiger partial charge in [0.05, 0.1) is 18.0 Å². The van der Waals surface area contributed by atoms with Gasteiger partial charge >= 0.3 is 0 Å². The molecule has 3 fully saturated rings. The van der Waals surface area contributed by atoms with Crippen LogP contribution in [0.1, 0.15) is 84.6 Å². The van der Waals surface area contributed by atoms with Crippen LogP contribution in [0.3, 0.4) is 0 Å². The molecule has 0 radical (unpaired) electrons. The summed E-state index contributed by atoms with van der Waals surface area (Å²) in [5.74, 6) is 2.23. The minimum absolute atomic E-state index is 0.146. The first-order valence-electron chi connectivity index (χ1n) is 16.1. The van der Waals surface area contributed by atoms with E-state index in [9.17, 15) is 14.4 Å². The molecule has 1 saturated carbocycles. The molecule has 9 nitrogen and oxygen atoms in total. The van der Waals surface area contributed by atoms with Crippen LogP contribution < -0.4 is 10.1 Å². The summed E-state index contributed by atoms with van der Waals surface area (Å²) in [6, 6.07) is 14.0. The molecule has 9 heteroatoms. The van der Waals surface area contributed by atoms with Gasteiger partial charge in [-0.2, -0.15) is 0 Å². The second-order valence-electron chi connectivity index (χ2n) is 12.8. The van der Waals surface area contributed by atoms with E-state index in [0.29, 0.717) is 30.4 Å². The summed E-state index contributed by atoms with van der Waals surface area (Å²) in [5, 5.41) is 2.36. The van der Waals surface area contributed by atoms with Crippen molar-refractivity contribution in [1.29, 1.82) is 0 Å². The fourth-order valence-corrected chi connectivity index (χ4v) is 7.45. The Bertz CT molecular complexity index is 1560. The maximum atomic E-state index is 13.0. The second kappa shape index (κ2) is 12.2. The van der Waals surface area contributed by atoms with E-state index in [1.807, 2.05) is 24.4 Å². The van der Waals surface area contributed by atoms with E-state index in [2.05, 4.69) is 41.2 Å². The number of rotatable bonds is 8. The van der Waals surface area contributed by atoms with E-state index in [-0.39, 0.29) is 24.3 Å². The molecule has 3 aliphatic heterocycles. The Hall–Kier alpha value is -3.98. The largest absolute Gasteiger partial charge is 0.490 e. The number of amides is 3. The van der Waals surface area contributed by atoms with Crippen molar-refractivity contribution in [3.63, 3.8) is 0 Å². The molecule has 1 N–H and O–H groups in total. The van der Waals surface area contributed by atoms with Crippen LogP contribution >= 0.6 is 0 Å². The number of carbonyl (C=O) groups excluding carboxylic acids is 3. The first kappa shape index (κ1) is 28.8. The Morgan fingerprint density at radius 3 is 2.61 bits per heavy atom. The fraction of sp³-hybridized carbons (Fsp3) is 0.486. The van der Waals surface area contributed by atoms with Gasteiger partial charge in [0.15, 0.2) is 0 Å². The molecule has 3 amide bonds. The smallest absolute Gasteiger partial charge is 0.255 e. The number of nitrogens with zero attached hydrogens (tertiary/aromatic N) is 3. The quantitative estimate of drug-likeness (QED) is 0.371. The van der Waals surface area contributed by atoms with Crippen LogP contribution in [0.25, 0.3) is 11.3 Å². The molecule has 3 aromatic rings. The SMILES string of the molecule is Cn1c(-c2ccc(C3CCOCC3)cc2)cnc1CCC1CCC(Oc2ccc3c(c2)CN(C2CCC(=O)NC2=O)C3=O)C1. The van der Waals surface area contributed by atoms with Crippen molar-refractivity contribution in [2.45, 2.75) is 82.4 Å². The Labute approximate surface area is 257 Å². The summed E-state index contributed by atoms with van der Waals surface area (Å²) < 4.78 is 14.1. The number of hydrogen-bond donors (Lipinski definition) is 1. The molecule has 44 heavy (non-hydrogen) atoms. The molecule has 7 rings (SSSR count). The molecule has 4 heterocycles. The molecular weight excluding hydrogens is 556 g/mol. The van der Waals surface area contributed by atoms with Gasteiger partial charge in [0.25, 0.3) is 5.91 Å². The van der Waals surface area contributed by atoms with E-state index in [1.165, 1.54) is 11.1 Å². The van der Waals surface area contributed by atoms with Crippen LogP contribution in [0.15, 0.2) is 48.7 Å². The topological polar surface area (TPSA) is 103 Å². The first-order chi connectivity index (χ1) is 21.4. The molecule has 1 aromatic heterocycles. The van der Waals surface area contributed by atoms with Gasteiger partial charge in [-0.1, -0.05) is 24.3 Å². The van der Waals surface area contributed by atoms with Crippen LogP contribution in [0, 0.1) is 5.92 Å². The molecule has 2 saturated heterocycles. The van der Waals surface area contributed by atoms with Gasteiger partial charge in [0, 0.05) is 45.2 Å². The van der Waals surface area contributed by atoms with Gasteiger partial charge in [0.2, 0.25) is 11.8 Å². The molecule has 4 aliphatic rings. The number of imide groups is 1. The van der Waals surface area contributed by atoms with E-state index < -0.39 is 11.9 Å². The molecule has 1 aliphatic carbocycles. The predicted octanol–water partition coefficient (Wildman–Crippen LogP) is 4.92. The van der Waals surface area contributed by atoms with Gasteiger partial charge in [-0.25, -0.2) is 4.98 Å². The summed E-state index contributed by atoms with van der Waals surface area (Å²) in [6.45, 7) is 2.07. The van der Waals surface area contributed by atoms with Gasteiger partial charge < -0.3 is 18.9 Å². The highest BCUT2D eigenvalue weighted by Crippen LogP contribution is 2.35. The average Bonchev–Trinajstić information content (AvgIpc) is 3.73. The lowest BCUT2D eigenvalue weighted by molar-refractivity contribution is -0.136. The van der Waals surface area contributed by atoms with Crippen molar-refractivity contribution < 1.29 is 23.9 Å². The number of fused-ring (bicyclic) bond motifs is 1. The van der Waals surface area contributed by atoms with Crippen molar-refractivity contribution in [1.82, 2.24) is 19.8 Å². The minimum Gasteiger partial charge on any atom is -0.490 e. The zero-order chi connectivity index (χ0) is 30.2. The Morgan fingerprint density at radius 2 is 1.82 bits per heavy atom. The average molecular weight is 597 g/mol. The lowest BCUT2D eigenvalue weighted by atomic mass is 9.91. The number of piperidine rings is 1. The van der Waals surface area contributed by atoms with Gasteiger partial charge in [0.1, 0.15) is 17.6 Å². The van der Waals surface area contributed by atoms with Crippen LogP contribution in [0.4, 0.5) is 0 Å².